The number of nitrogens with zero attached hydrogens (tertiary/aromatic N) is 5. The number of urea groups is 1. The molecule has 0 saturated carbocycles. The van der Waals surface area contributed by atoms with Crippen LogP contribution in [-0.2, 0) is 11.0 Å². The molecule has 2 aliphatic rings. The van der Waals surface area contributed by atoms with Crippen LogP contribution in [0.15, 0.2) is 48.7 Å². The van der Waals surface area contributed by atoms with Crippen molar-refractivity contribution in [1.82, 2.24) is 14.8 Å². The number of aromatic nitrogens is 1. The Kier molecular flexibility index (Phi) is 6.05. The number of alkyl halides is 3. The molecule has 0 bridgehead atoms. The highest BCUT2D eigenvalue weighted by molar-refractivity contribution is 6.14. The third-order valence-electron chi connectivity index (χ3n) is 5.81. The van der Waals surface area contributed by atoms with Crippen LogP contribution < -0.4 is 9.80 Å². The van der Waals surface area contributed by atoms with Gasteiger partial charge in [-0.1, -0.05) is 18.2 Å². The smallest absolute Gasteiger partial charge is 0.355 e. The van der Waals surface area contributed by atoms with Crippen molar-refractivity contribution in [1.29, 1.82) is 0 Å². The molecule has 170 valence electrons. The maximum absolute atomic E-state index is 13.0. The highest BCUT2D eigenvalue weighted by Gasteiger charge is 2.43. The van der Waals surface area contributed by atoms with Crippen molar-refractivity contribution >= 4 is 23.4 Å². The first kappa shape index (κ1) is 22.1. The summed E-state index contributed by atoms with van der Waals surface area (Å²) in [7, 11) is 0. The van der Waals surface area contributed by atoms with Crippen molar-refractivity contribution in [2.75, 3.05) is 42.6 Å². The van der Waals surface area contributed by atoms with Crippen LogP contribution in [0.1, 0.15) is 18.9 Å². The number of halogens is 3. The van der Waals surface area contributed by atoms with E-state index in [-0.39, 0.29) is 18.6 Å². The molecule has 3 heterocycles. The predicted molar refractivity (Wildman–Crippen MR) is 113 cm³/mol. The number of carbonyl (C=O) groups is 2. The number of hydrogen-bond acceptors (Lipinski definition) is 5. The van der Waals surface area contributed by atoms with E-state index in [4.69, 9.17) is 0 Å². The maximum Gasteiger partial charge on any atom is 0.417 e. The summed E-state index contributed by atoms with van der Waals surface area (Å²) in [5, 5.41) is 0. The fourth-order valence-electron chi connectivity index (χ4n) is 4.06. The lowest BCUT2D eigenvalue weighted by Crippen LogP contribution is -2.43. The Hall–Kier alpha value is -3.14. The minimum absolute atomic E-state index is 0.180. The van der Waals surface area contributed by atoms with Gasteiger partial charge in [-0.2, -0.15) is 13.2 Å². The summed E-state index contributed by atoms with van der Waals surface area (Å²) in [6, 6.07) is 10.6. The summed E-state index contributed by atoms with van der Waals surface area (Å²) in [5.41, 5.74) is -0.0999. The molecule has 3 amide bonds. The van der Waals surface area contributed by atoms with Crippen molar-refractivity contribution in [3.8, 4) is 0 Å². The lowest BCUT2D eigenvalue weighted by molar-refractivity contribution is -0.137. The standard InChI is InChI=1S/C22H24F3N5O2/c1-16-20(31)29(21(32)30(16)18-6-3-2-4-7-18)15-27-10-5-11-28(13-12-27)19-9-8-17(14-26-19)22(23,24)25/h2-4,6-9,14,16H,5,10-13,15H2,1H3. The molecular weight excluding hydrogens is 423 g/mol. The third kappa shape index (κ3) is 4.40. The van der Waals surface area contributed by atoms with E-state index in [1.165, 1.54) is 15.9 Å². The van der Waals surface area contributed by atoms with Crippen LogP contribution in [0.4, 0.5) is 29.5 Å². The summed E-state index contributed by atoms with van der Waals surface area (Å²) in [6.07, 6.45) is -2.84. The van der Waals surface area contributed by atoms with Gasteiger partial charge in [-0.3, -0.25) is 14.6 Å². The lowest BCUT2D eigenvalue weighted by Gasteiger charge is -2.26. The molecule has 1 unspecified atom stereocenters. The number of hydrogen-bond donors (Lipinski definition) is 0. The average Bonchev–Trinajstić information content (AvgIpc) is 2.94. The SMILES string of the molecule is CC1C(=O)N(CN2CCCN(c3ccc(C(F)(F)F)cn3)CC2)C(=O)N1c1ccccc1. The average molecular weight is 447 g/mol. The van der Waals surface area contributed by atoms with E-state index in [2.05, 4.69) is 4.98 Å². The Bertz CT molecular complexity index is 968. The molecule has 2 aromatic rings. The zero-order valence-electron chi connectivity index (χ0n) is 17.6. The van der Waals surface area contributed by atoms with E-state index in [0.29, 0.717) is 37.7 Å². The number of rotatable bonds is 4. The molecule has 4 rings (SSSR count). The minimum Gasteiger partial charge on any atom is -0.355 e. The second kappa shape index (κ2) is 8.78. The topological polar surface area (TPSA) is 60.0 Å². The van der Waals surface area contributed by atoms with E-state index in [1.807, 2.05) is 28.0 Å². The summed E-state index contributed by atoms with van der Waals surface area (Å²) in [5.74, 6) is 0.237. The lowest BCUT2D eigenvalue weighted by atomic mass is 10.2. The largest absolute Gasteiger partial charge is 0.417 e. The summed E-state index contributed by atoms with van der Waals surface area (Å²) in [6.45, 7) is 4.27. The molecule has 1 aromatic carbocycles. The van der Waals surface area contributed by atoms with Crippen LogP contribution in [-0.4, -0.2) is 65.6 Å². The maximum atomic E-state index is 13.0. The Balaban J connectivity index is 1.40. The Morgan fingerprint density at radius 2 is 1.75 bits per heavy atom. The predicted octanol–water partition coefficient (Wildman–Crippen LogP) is 3.43. The third-order valence-corrected chi connectivity index (χ3v) is 5.81. The van der Waals surface area contributed by atoms with Gasteiger partial charge in [-0.15, -0.1) is 0 Å². The van der Waals surface area contributed by atoms with Gasteiger partial charge in [-0.25, -0.2) is 14.7 Å². The monoisotopic (exact) mass is 447 g/mol. The normalized spacial score (nSPS) is 20.8. The minimum atomic E-state index is -4.42. The van der Waals surface area contributed by atoms with Crippen molar-refractivity contribution in [3.63, 3.8) is 0 Å². The van der Waals surface area contributed by atoms with Crippen LogP contribution in [0.5, 0.6) is 0 Å². The van der Waals surface area contributed by atoms with Gasteiger partial charge < -0.3 is 4.90 Å². The number of carbonyl (C=O) groups excluding carboxylic acids is 2. The molecule has 7 nitrogen and oxygen atoms in total. The number of pyridine rings is 1. The molecule has 1 atom stereocenters. The van der Waals surface area contributed by atoms with E-state index < -0.39 is 17.8 Å². The molecule has 2 saturated heterocycles. The molecule has 0 aliphatic carbocycles. The Labute approximate surface area is 184 Å². The molecule has 2 aliphatic heterocycles. The summed E-state index contributed by atoms with van der Waals surface area (Å²) < 4.78 is 38.3. The first-order valence-electron chi connectivity index (χ1n) is 10.5. The quantitative estimate of drug-likeness (QED) is 0.673. The molecule has 32 heavy (non-hydrogen) atoms. The molecular formula is C22H24F3N5O2. The van der Waals surface area contributed by atoms with Gasteiger partial charge in [0.1, 0.15) is 11.9 Å². The zero-order valence-corrected chi connectivity index (χ0v) is 17.6. The molecule has 10 heteroatoms. The van der Waals surface area contributed by atoms with Crippen molar-refractivity contribution in [3.05, 3.63) is 54.2 Å². The van der Waals surface area contributed by atoms with Gasteiger partial charge in [-0.05, 0) is 37.6 Å². The van der Waals surface area contributed by atoms with Crippen molar-refractivity contribution < 1.29 is 22.8 Å². The molecule has 0 N–H and O–H groups in total. The Morgan fingerprint density at radius 1 is 1.00 bits per heavy atom. The van der Waals surface area contributed by atoms with Crippen LogP contribution in [0.3, 0.4) is 0 Å². The zero-order chi connectivity index (χ0) is 22.9. The van der Waals surface area contributed by atoms with E-state index in [1.54, 1.807) is 19.1 Å². The van der Waals surface area contributed by atoms with E-state index in [9.17, 15) is 22.8 Å². The number of anilines is 2. The number of imide groups is 1. The summed E-state index contributed by atoms with van der Waals surface area (Å²) >= 11 is 0. The fourth-order valence-corrected chi connectivity index (χ4v) is 4.06. The van der Waals surface area contributed by atoms with Crippen LogP contribution in [0.25, 0.3) is 0 Å². The van der Waals surface area contributed by atoms with Gasteiger partial charge in [0.25, 0.3) is 5.91 Å². The van der Waals surface area contributed by atoms with Gasteiger partial charge in [0.05, 0.1) is 12.2 Å². The highest BCUT2D eigenvalue weighted by atomic mass is 19.4. The van der Waals surface area contributed by atoms with Gasteiger partial charge in [0, 0.05) is 38.1 Å². The second-order valence-electron chi connectivity index (χ2n) is 7.93. The molecule has 1 aromatic heterocycles. The van der Waals surface area contributed by atoms with Crippen LogP contribution in [0.2, 0.25) is 0 Å². The second-order valence-corrected chi connectivity index (χ2v) is 7.93. The van der Waals surface area contributed by atoms with E-state index in [0.717, 1.165) is 18.7 Å². The van der Waals surface area contributed by atoms with Crippen LogP contribution >= 0.6 is 0 Å². The molecule has 0 spiro atoms. The highest BCUT2D eigenvalue weighted by Crippen LogP contribution is 2.30. The Morgan fingerprint density at radius 3 is 2.41 bits per heavy atom. The van der Waals surface area contributed by atoms with Crippen LogP contribution in [0, 0.1) is 0 Å². The first-order valence-corrected chi connectivity index (χ1v) is 10.5. The summed E-state index contributed by atoms with van der Waals surface area (Å²) in [4.78, 5) is 36.4. The van der Waals surface area contributed by atoms with Crippen molar-refractivity contribution in [2.24, 2.45) is 0 Å². The van der Waals surface area contributed by atoms with Gasteiger partial charge in [0.15, 0.2) is 0 Å². The number of amides is 3. The number of para-hydroxylation sites is 1. The fraction of sp³-hybridized carbons (Fsp3) is 0.409. The number of benzene rings is 1. The van der Waals surface area contributed by atoms with Gasteiger partial charge in [0.2, 0.25) is 0 Å². The van der Waals surface area contributed by atoms with E-state index >= 15 is 0 Å². The molecule has 2 fully saturated rings. The van der Waals surface area contributed by atoms with Gasteiger partial charge >= 0.3 is 12.2 Å². The molecule has 0 radical (unpaired) electrons. The first-order chi connectivity index (χ1) is 15.3. The van der Waals surface area contributed by atoms with Crippen molar-refractivity contribution in [2.45, 2.75) is 25.6 Å².